The molecule has 2 aromatic rings. The molecule has 1 aliphatic rings. The molecule has 0 saturated carbocycles. The summed E-state index contributed by atoms with van der Waals surface area (Å²) in [5.74, 6) is 1.99. The fraction of sp³-hybridized carbons (Fsp3) is 0.545. The zero-order chi connectivity index (χ0) is 20.6. The summed E-state index contributed by atoms with van der Waals surface area (Å²) in [6.07, 6.45) is 2.39. The van der Waals surface area contributed by atoms with Crippen molar-refractivity contribution in [2.75, 3.05) is 26.7 Å². The van der Waals surface area contributed by atoms with E-state index in [-0.39, 0.29) is 24.0 Å². The molecule has 0 amide bonds. The van der Waals surface area contributed by atoms with Crippen molar-refractivity contribution in [2.45, 2.75) is 45.7 Å². The van der Waals surface area contributed by atoms with Gasteiger partial charge in [-0.05, 0) is 49.4 Å². The number of piperidine rings is 1. The van der Waals surface area contributed by atoms with E-state index in [2.05, 4.69) is 56.9 Å². The van der Waals surface area contributed by atoms with E-state index in [0.29, 0.717) is 18.4 Å². The quantitative estimate of drug-likeness (QED) is 0.280. The van der Waals surface area contributed by atoms with Crippen LogP contribution in [-0.4, -0.2) is 42.5 Å². The largest absolute Gasteiger partial charge is 0.356 e. The maximum absolute atomic E-state index is 6.30. The second kappa shape index (κ2) is 12.8. The molecule has 1 aliphatic heterocycles. The molecule has 3 rings (SSSR count). The zero-order valence-corrected chi connectivity index (χ0v) is 21.9. The molecule has 8 heteroatoms. The van der Waals surface area contributed by atoms with Crippen LogP contribution < -0.4 is 10.6 Å². The van der Waals surface area contributed by atoms with Crippen molar-refractivity contribution < 1.29 is 0 Å². The lowest BCUT2D eigenvalue weighted by molar-refractivity contribution is 0.178. The number of thiazole rings is 1. The van der Waals surface area contributed by atoms with Crippen LogP contribution >= 0.6 is 46.9 Å². The van der Waals surface area contributed by atoms with Crippen LogP contribution in [0.5, 0.6) is 0 Å². The Labute approximate surface area is 206 Å². The molecule has 0 spiro atoms. The number of guanidine groups is 1. The van der Waals surface area contributed by atoms with Crippen LogP contribution in [0, 0.1) is 5.92 Å². The first-order chi connectivity index (χ1) is 14.0. The molecule has 166 valence electrons. The summed E-state index contributed by atoms with van der Waals surface area (Å²) in [5.41, 5.74) is 2.39. The second-order valence-electron chi connectivity index (χ2n) is 7.94. The molecule has 1 aromatic heterocycles. The molecule has 1 saturated heterocycles. The van der Waals surface area contributed by atoms with Crippen molar-refractivity contribution in [2.24, 2.45) is 10.9 Å². The maximum Gasteiger partial charge on any atom is 0.191 e. The zero-order valence-electron chi connectivity index (χ0n) is 18.0. The molecule has 5 nitrogen and oxygen atoms in total. The van der Waals surface area contributed by atoms with E-state index in [1.807, 2.05) is 19.2 Å². The fourth-order valence-electron chi connectivity index (χ4n) is 3.51. The Morgan fingerprint density at radius 2 is 2.00 bits per heavy atom. The van der Waals surface area contributed by atoms with Crippen molar-refractivity contribution in [1.82, 2.24) is 20.5 Å². The number of aliphatic imine (C=N–C) groups is 1. The molecule has 1 aromatic carbocycles. The monoisotopic (exact) mass is 561 g/mol. The number of hydrogen-bond acceptors (Lipinski definition) is 4. The summed E-state index contributed by atoms with van der Waals surface area (Å²) >= 11 is 8.01. The minimum atomic E-state index is 0. The lowest BCUT2D eigenvalue weighted by atomic mass is 9.96. The van der Waals surface area contributed by atoms with Gasteiger partial charge in [0.05, 0.1) is 12.2 Å². The predicted molar refractivity (Wildman–Crippen MR) is 139 cm³/mol. The highest BCUT2D eigenvalue weighted by atomic mass is 127. The third kappa shape index (κ3) is 7.66. The van der Waals surface area contributed by atoms with Gasteiger partial charge in [-0.2, -0.15) is 0 Å². The van der Waals surface area contributed by atoms with Crippen LogP contribution in [0.1, 0.15) is 48.9 Å². The van der Waals surface area contributed by atoms with Gasteiger partial charge in [0.25, 0.3) is 0 Å². The van der Waals surface area contributed by atoms with Gasteiger partial charge < -0.3 is 10.6 Å². The van der Waals surface area contributed by atoms with Gasteiger partial charge in [-0.25, -0.2) is 4.98 Å². The normalized spacial score (nSPS) is 15.8. The number of halogens is 2. The number of benzene rings is 1. The van der Waals surface area contributed by atoms with Crippen LogP contribution in [0.4, 0.5) is 0 Å². The summed E-state index contributed by atoms with van der Waals surface area (Å²) in [6, 6.07) is 8.15. The smallest absolute Gasteiger partial charge is 0.191 e. The fourth-order valence-corrected chi connectivity index (χ4v) is 4.60. The van der Waals surface area contributed by atoms with Gasteiger partial charge in [0, 0.05) is 30.5 Å². The Balaban J connectivity index is 0.00000320. The Kier molecular flexibility index (Phi) is 10.8. The van der Waals surface area contributed by atoms with E-state index in [9.17, 15) is 0 Å². The van der Waals surface area contributed by atoms with Gasteiger partial charge in [0.15, 0.2) is 5.96 Å². The van der Waals surface area contributed by atoms with Crippen LogP contribution in [-0.2, 0) is 13.1 Å². The highest BCUT2D eigenvalue weighted by Crippen LogP contribution is 2.22. The molecule has 30 heavy (non-hydrogen) atoms. The maximum atomic E-state index is 6.30. The van der Waals surface area contributed by atoms with Gasteiger partial charge in [-0.15, -0.1) is 35.3 Å². The van der Waals surface area contributed by atoms with E-state index < -0.39 is 0 Å². The van der Waals surface area contributed by atoms with Crippen LogP contribution in [0.15, 0.2) is 34.6 Å². The van der Waals surface area contributed by atoms with E-state index in [1.54, 1.807) is 11.3 Å². The number of nitrogens with zero attached hydrogens (tertiary/aromatic N) is 3. The summed E-state index contributed by atoms with van der Waals surface area (Å²) in [5, 5.41) is 11.0. The Morgan fingerprint density at radius 3 is 2.63 bits per heavy atom. The first-order valence-corrected chi connectivity index (χ1v) is 11.7. The third-order valence-electron chi connectivity index (χ3n) is 5.41. The SMILES string of the molecule is CN=C(NCc1nc(C(C)C)cs1)NCC1CCN(Cc2ccccc2Cl)CC1.I. The predicted octanol–water partition coefficient (Wildman–Crippen LogP) is 5.12. The number of rotatable bonds is 7. The Hall–Kier alpha value is -0.900. The lowest BCUT2D eigenvalue weighted by Crippen LogP contribution is -2.42. The highest BCUT2D eigenvalue weighted by Gasteiger charge is 2.20. The number of hydrogen-bond donors (Lipinski definition) is 2. The van der Waals surface area contributed by atoms with Gasteiger partial charge in [-0.1, -0.05) is 43.6 Å². The molecule has 0 atom stereocenters. The molecule has 0 bridgehead atoms. The minimum Gasteiger partial charge on any atom is -0.356 e. The second-order valence-corrected chi connectivity index (χ2v) is 9.29. The molecule has 0 unspecified atom stereocenters. The summed E-state index contributed by atoms with van der Waals surface area (Å²) in [7, 11) is 1.82. The summed E-state index contributed by atoms with van der Waals surface area (Å²) in [4.78, 5) is 11.5. The van der Waals surface area contributed by atoms with E-state index in [4.69, 9.17) is 11.6 Å². The van der Waals surface area contributed by atoms with E-state index >= 15 is 0 Å². The van der Waals surface area contributed by atoms with Gasteiger partial charge in [0.2, 0.25) is 0 Å². The topological polar surface area (TPSA) is 52.6 Å². The minimum absolute atomic E-state index is 0. The Bertz CT molecular complexity index is 802. The molecule has 0 radical (unpaired) electrons. The average molecular weight is 562 g/mol. The van der Waals surface area contributed by atoms with Crippen LogP contribution in [0.2, 0.25) is 5.02 Å². The average Bonchev–Trinajstić information content (AvgIpc) is 3.20. The molecule has 2 heterocycles. The number of likely N-dealkylation sites (tertiary alicyclic amines) is 1. The van der Waals surface area contributed by atoms with Crippen molar-refractivity contribution in [1.29, 1.82) is 0 Å². The Morgan fingerprint density at radius 1 is 1.27 bits per heavy atom. The van der Waals surface area contributed by atoms with Crippen LogP contribution in [0.3, 0.4) is 0 Å². The standard InChI is InChI=1S/C22H32ClN5S.HI/c1-16(2)20-15-29-21(27-20)13-26-22(24-3)25-12-17-8-10-28(11-9-17)14-18-6-4-5-7-19(18)23;/h4-7,15-17H,8-14H2,1-3H3,(H2,24,25,26);1H. The summed E-state index contributed by atoms with van der Waals surface area (Å²) in [6.45, 7) is 9.18. The highest BCUT2D eigenvalue weighted by molar-refractivity contribution is 14.0. The van der Waals surface area contributed by atoms with Gasteiger partial charge in [-0.3, -0.25) is 9.89 Å². The van der Waals surface area contributed by atoms with Crippen molar-refractivity contribution in [3.63, 3.8) is 0 Å². The lowest BCUT2D eigenvalue weighted by Gasteiger charge is -2.32. The third-order valence-corrected chi connectivity index (χ3v) is 6.64. The van der Waals surface area contributed by atoms with Crippen LogP contribution in [0.25, 0.3) is 0 Å². The van der Waals surface area contributed by atoms with E-state index in [1.165, 1.54) is 24.1 Å². The van der Waals surface area contributed by atoms with Gasteiger partial charge in [0.1, 0.15) is 5.01 Å². The van der Waals surface area contributed by atoms with E-state index in [0.717, 1.165) is 42.2 Å². The number of nitrogens with one attached hydrogen (secondary N) is 2. The summed E-state index contributed by atoms with van der Waals surface area (Å²) < 4.78 is 0. The van der Waals surface area contributed by atoms with Crippen molar-refractivity contribution in [3.8, 4) is 0 Å². The van der Waals surface area contributed by atoms with Crippen molar-refractivity contribution in [3.05, 3.63) is 50.9 Å². The van der Waals surface area contributed by atoms with Gasteiger partial charge >= 0.3 is 0 Å². The molecule has 1 fully saturated rings. The van der Waals surface area contributed by atoms with Crippen molar-refractivity contribution >= 4 is 52.9 Å². The molecular formula is C22H33ClIN5S. The number of aromatic nitrogens is 1. The molecule has 2 N–H and O–H groups in total. The first-order valence-electron chi connectivity index (χ1n) is 10.4. The first kappa shape index (κ1) is 25.4. The molecular weight excluding hydrogens is 529 g/mol. The molecule has 0 aliphatic carbocycles.